The van der Waals surface area contributed by atoms with Gasteiger partial charge in [0.15, 0.2) is 11.4 Å². The second-order valence-corrected chi connectivity index (χ2v) is 4.78. The topological polar surface area (TPSA) is 44.8 Å². The third-order valence-corrected chi connectivity index (χ3v) is 3.20. The van der Waals surface area contributed by atoms with Crippen LogP contribution in [0.5, 0.6) is 0 Å². The standard InChI is InChI=1S/C11H20O4S/c1-13-7-5-10(12)16-9-8-15-11-4-2-3-6-14-11/h11H,2-9H2,1H3. The lowest BCUT2D eigenvalue weighted by atomic mass is 10.2. The number of hydrogen-bond donors (Lipinski definition) is 0. The summed E-state index contributed by atoms with van der Waals surface area (Å²) in [5.41, 5.74) is 0. The average molecular weight is 248 g/mol. The maximum Gasteiger partial charge on any atom is 0.191 e. The Balaban J connectivity index is 1.92. The summed E-state index contributed by atoms with van der Waals surface area (Å²) in [6.07, 6.45) is 3.70. The first-order valence-corrected chi connectivity index (χ1v) is 6.69. The fourth-order valence-corrected chi connectivity index (χ4v) is 2.07. The van der Waals surface area contributed by atoms with Gasteiger partial charge in [0.1, 0.15) is 0 Å². The Hall–Kier alpha value is -0.100. The van der Waals surface area contributed by atoms with Gasteiger partial charge in [-0.15, -0.1) is 0 Å². The zero-order chi connectivity index (χ0) is 11.6. The quantitative estimate of drug-likeness (QED) is 0.643. The summed E-state index contributed by atoms with van der Waals surface area (Å²) in [5, 5.41) is 0.162. The molecule has 16 heavy (non-hydrogen) atoms. The molecule has 0 aromatic rings. The van der Waals surface area contributed by atoms with Crippen molar-refractivity contribution in [3.05, 3.63) is 0 Å². The van der Waals surface area contributed by atoms with Gasteiger partial charge in [0, 0.05) is 25.9 Å². The van der Waals surface area contributed by atoms with E-state index in [9.17, 15) is 4.79 Å². The minimum absolute atomic E-state index is 0.0524. The number of methoxy groups -OCH3 is 1. The molecule has 1 aliphatic heterocycles. The van der Waals surface area contributed by atoms with E-state index in [1.807, 2.05) is 0 Å². The molecule has 0 spiro atoms. The third kappa shape index (κ3) is 6.48. The van der Waals surface area contributed by atoms with Gasteiger partial charge in [0.2, 0.25) is 0 Å². The van der Waals surface area contributed by atoms with Gasteiger partial charge >= 0.3 is 0 Å². The van der Waals surface area contributed by atoms with Crippen molar-refractivity contribution < 1.29 is 19.0 Å². The van der Waals surface area contributed by atoms with Crippen molar-refractivity contribution in [2.24, 2.45) is 0 Å². The highest BCUT2D eigenvalue weighted by atomic mass is 32.2. The van der Waals surface area contributed by atoms with Crippen LogP contribution in [0.1, 0.15) is 25.7 Å². The smallest absolute Gasteiger partial charge is 0.191 e. The number of ether oxygens (including phenoxy) is 3. The summed E-state index contributed by atoms with van der Waals surface area (Å²) in [5.74, 6) is 0.697. The minimum atomic E-state index is -0.0524. The zero-order valence-corrected chi connectivity index (χ0v) is 10.6. The van der Waals surface area contributed by atoms with Gasteiger partial charge in [-0.2, -0.15) is 0 Å². The van der Waals surface area contributed by atoms with E-state index in [2.05, 4.69) is 0 Å². The summed E-state index contributed by atoms with van der Waals surface area (Å²) in [6.45, 7) is 1.87. The lowest BCUT2D eigenvalue weighted by Gasteiger charge is -2.22. The van der Waals surface area contributed by atoms with Crippen LogP contribution < -0.4 is 0 Å². The van der Waals surface area contributed by atoms with E-state index in [1.54, 1.807) is 7.11 Å². The second-order valence-electron chi connectivity index (χ2n) is 3.63. The van der Waals surface area contributed by atoms with Crippen LogP contribution in [0.25, 0.3) is 0 Å². The van der Waals surface area contributed by atoms with E-state index in [-0.39, 0.29) is 11.4 Å². The Morgan fingerprint density at radius 1 is 1.44 bits per heavy atom. The van der Waals surface area contributed by atoms with Crippen molar-refractivity contribution in [3.63, 3.8) is 0 Å². The molecule has 1 saturated heterocycles. The highest BCUT2D eigenvalue weighted by Gasteiger charge is 2.13. The highest BCUT2D eigenvalue weighted by Crippen LogP contribution is 2.14. The van der Waals surface area contributed by atoms with Crippen LogP contribution >= 0.6 is 11.8 Å². The first-order valence-electron chi connectivity index (χ1n) is 5.70. The number of hydrogen-bond acceptors (Lipinski definition) is 5. The molecule has 0 aromatic carbocycles. The van der Waals surface area contributed by atoms with Gasteiger partial charge in [-0.05, 0) is 19.3 Å². The Morgan fingerprint density at radius 3 is 3.00 bits per heavy atom. The van der Waals surface area contributed by atoms with E-state index in [0.29, 0.717) is 25.4 Å². The molecule has 0 radical (unpaired) electrons. The molecule has 4 nitrogen and oxygen atoms in total. The predicted molar refractivity (Wildman–Crippen MR) is 63.5 cm³/mol. The second kappa shape index (κ2) is 8.98. The number of thioether (sulfide) groups is 1. The van der Waals surface area contributed by atoms with Crippen LogP contribution in [-0.2, 0) is 19.0 Å². The van der Waals surface area contributed by atoms with Crippen molar-refractivity contribution in [2.75, 3.05) is 32.7 Å². The molecule has 0 bridgehead atoms. The molecule has 0 amide bonds. The van der Waals surface area contributed by atoms with Crippen molar-refractivity contribution in [2.45, 2.75) is 32.0 Å². The van der Waals surface area contributed by atoms with E-state index in [0.717, 1.165) is 19.4 Å². The van der Waals surface area contributed by atoms with Crippen LogP contribution in [-0.4, -0.2) is 44.1 Å². The highest BCUT2D eigenvalue weighted by molar-refractivity contribution is 8.13. The maximum absolute atomic E-state index is 11.2. The van der Waals surface area contributed by atoms with Crippen LogP contribution in [0, 0.1) is 0 Å². The lowest BCUT2D eigenvalue weighted by Crippen LogP contribution is -2.23. The van der Waals surface area contributed by atoms with Crippen LogP contribution in [0.15, 0.2) is 0 Å². The molecule has 0 N–H and O–H groups in total. The van der Waals surface area contributed by atoms with E-state index in [4.69, 9.17) is 14.2 Å². The molecule has 1 rings (SSSR count). The Bertz CT molecular complexity index is 192. The predicted octanol–water partition coefficient (Wildman–Crippen LogP) is 1.83. The van der Waals surface area contributed by atoms with Gasteiger partial charge in [0.05, 0.1) is 13.2 Å². The zero-order valence-electron chi connectivity index (χ0n) is 9.78. The fraction of sp³-hybridized carbons (Fsp3) is 0.909. The summed E-state index contributed by atoms with van der Waals surface area (Å²) >= 11 is 1.31. The lowest BCUT2D eigenvalue weighted by molar-refractivity contribution is -0.158. The van der Waals surface area contributed by atoms with Gasteiger partial charge < -0.3 is 14.2 Å². The molecule has 1 fully saturated rings. The SMILES string of the molecule is COCCC(=O)SCCOC1CCCCO1. The average Bonchev–Trinajstić information content (AvgIpc) is 2.33. The molecule has 1 unspecified atom stereocenters. The van der Waals surface area contributed by atoms with Gasteiger partial charge in [-0.25, -0.2) is 0 Å². The molecule has 1 atom stereocenters. The van der Waals surface area contributed by atoms with Crippen molar-refractivity contribution >= 4 is 16.9 Å². The summed E-state index contributed by atoms with van der Waals surface area (Å²) in [6, 6.07) is 0. The summed E-state index contributed by atoms with van der Waals surface area (Å²) in [4.78, 5) is 11.2. The monoisotopic (exact) mass is 248 g/mol. The number of carbonyl (C=O) groups excluding carboxylic acids is 1. The van der Waals surface area contributed by atoms with Gasteiger partial charge in [-0.3, -0.25) is 4.79 Å². The minimum Gasteiger partial charge on any atom is -0.384 e. The summed E-state index contributed by atoms with van der Waals surface area (Å²) in [7, 11) is 1.60. The largest absolute Gasteiger partial charge is 0.384 e. The first-order chi connectivity index (χ1) is 7.83. The Labute approximate surface area is 101 Å². The molecule has 5 heteroatoms. The molecule has 1 aliphatic rings. The number of rotatable bonds is 7. The normalized spacial score (nSPS) is 20.9. The Kier molecular flexibility index (Phi) is 7.84. The van der Waals surface area contributed by atoms with Crippen molar-refractivity contribution in [3.8, 4) is 0 Å². The van der Waals surface area contributed by atoms with E-state index < -0.39 is 0 Å². The molecular weight excluding hydrogens is 228 g/mol. The summed E-state index contributed by atoms with van der Waals surface area (Å²) < 4.78 is 15.8. The molecule has 0 aromatic heterocycles. The molecule has 0 aliphatic carbocycles. The van der Waals surface area contributed by atoms with E-state index >= 15 is 0 Å². The number of carbonyl (C=O) groups is 1. The first kappa shape index (κ1) is 14.0. The molecule has 94 valence electrons. The van der Waals surface area contributed by atoms with Crippen LogP contribution in [0.2, 0.25) is 0 Å². The Morgan fingerprint density at radius 2 is 2.31 bits per heavy atom. The van der Waals surface area contributed by atoms with Crippen molar-refractivity contribution in [1.29, 1.82) is 0 Å². The molecule has 0 saturated carbocycles. The van der Waals surface area contributed by atoms with Gasteiger partial charge in [-0.1, -0.05) is 11.8 Å². The maximum atomic E-state index is 11.2. The molecular formula is C11H20O4S. The van der Waals surface area contributed by atoms with Crippen LogP contribution in [0.3, 0.4) is 0 Å². The third-order valence-electron chi connectivity index (χ3n) is 2.30. The van der Waals surface area contributed by atoms with E-state index in [1.165, 1.54) is 18.2 Å². The van der Waals surface area contributed by atoms with Crippen LogP contribution in [0.4, 0.5) is 0 Å². The van der Waals surface area contributed by atoms with Crippen molar-refractivity contribution in [1.82, 2.24) is 0 Å². The molecule has 1 heterocycles. The van der Waals surface area contributed by atoms with Gasteiger partial charge in [0.25, 0.3) is 0 Å². The fourth-order valence-electron chi connectivity index (χ4n) is 1.44.